The van der Waals surface area contributed by atoms with Crippen LogP contribution < -0.4 is 10.1 Å². The standard InChI is InChI=1S/C22H25NO3/c24-22(23-21-12-4-7-16-6-1-2-11-20(16)21)17-8-3-9-18(14-17)26-15-19-10-5-13-25-19/h3-4,7-9,12,14,19H,1-2,5-6,10-11,13,15H2,(H,23,24). The molecule has 4 rings (SSSR count). The molecule has 0 spiro atoms. The van der Waals surface area contributed by atoms with Crippen LogP contribution in [0.15, 0.2) is 42.5 Å². The van der Waals surface area contributed by atoms with E-state index in [-0.39, 0.29) is 12.0 Å². The van der Waals surface area contributed by atoms with Crippen LogP contribution in [0.1, 0.15) is 47.2 Å². The summed E-state index contributed by atoms with van der Waals surface area (Å²) in [6.07, 6.45) is 6.86. The van der Waals surface area contributed by atoms with Crippen molar-refractivity contribution in [2.24, 2.45) is 0 Å². The van der Waals surface area contributed by atoms with E-state index < -0.39 is 0 Å². The van der Waals surface area contributed by atoms with E-state index >= 15 is 0 Å². The SMILES string of the molecule is O=C(Nc1cccc2c1CCCC2)c1cccc(OCC2CCCO2)c1. The minimum absolute atomic E-state index is 0.0912. The second-order valence-corrected chi connectivity index (χ2v) is 7.08. The van der Waals surface area contributed by atoms with Gasteiger partial charge in [-0.15, -0.1) is 0 Å². The maximum absolute atomic E-state index is 12.7. The van der Waals surface area contributed by atoms with Gasteiger partial charge < -0.3 is 14.8 Å². The lowest BCUT2D eigenvalue weighted by molar-refractivity contribution is 0.0679. The first-order valence-corrected chi connectivity index (χ1v) is 9.56. The van der Waals surface area contributed by atoms with Gasteiger partial charge in [0.15, 0.2) is 0 Å². The first-order chi connectivity index (χ1) is 12.8. The van der Waals surface area contributed by atoms with Crippen LogP contribution >= 0.6 is 0 Å². The van der Waals surface area contributed by atoms with Crippen LogP contribution in [0, 0.1) is 0 Å². The molecule has 1 aliphatic heterocycles. The minimum atomic E-state index is -0.0912. The number of hydrogen-bond donors (Lipinski definition) is 1. The van der Waals surface area contributed by atoms with Crippen molar-refractivity contribution in [2.75, 3.05) is 18.5 Å². The molecular weight excluding hydrogens is 326 g/mol. The molecule has 0 aromatic heterocycles. The number of fused-ring (bicyclic) bond motifs is 1. The van der Waals surface area contributed by atoms with Gasteiger partial charge in [0.05, 0.1) is 6.10 Å². The van der Waals surface area contributed by atoms with Crippen LogP contribution in [0.3, 0.4) is 0 Å². The minimum Gasteiger partial charge on any atom is -0.491 e. The van der Waals surface area contributed by atoms with Crippen molar-refractivity contribution in [1.29, 1.82) is 0 Å². The molecule has 0 bridgehead atoms. The third-order valence-corrected chi connectivity index (χ3v) is 5.20. The molecule has 1 aliphatic carbocycles. The number of ether oxygens (including phenoxy) is 2. The second-order valence-electron chi connectivity index (χ2n) is 7.08. The van der Waals surface area contributed by atoms with Gasteiger partial charge in [0.2, 0.25) is 0 Å². The lowest BCUT2D eigenvalue weighted by Gasteiger charge is -2.19. The maximum atomic E-state index is 12.7. The highest BCUT2D eigenvalue weighted by Gasteiger charge is 2.17. The zero-order valence-electron chi connectivity index (χ0n) is 15.0. The van der Waals surface area contributed by atoms with Gasteiger partial charge in [0.1, 0.15) is 12.4 Å². The predicted molar refractivity (Wildman–Crippen MR) is 102 cm³/mol. The molecule has 1 unspecified atom stereocenters. The smallest absolute Gasteiger partial charge is 0.255 e. The van der Waals surface area contributed by atoms with Crippen LogP contribution in [0.2, 0.25) is 0 Å². The quantitative estimate of drug-likeness (QED) is 0.870. The normalized spacial score (nSPS) is 19.0. The monoisotopic (exact) mass is 351 g/mol. The van der Waals surface area contributed by atoms with Crippen LogP contribution in [-0.4, -0.2) is 25.2 Å². The first kappa shape index (κ1) is 17.1. The molecule has 2 aromatic carbocycles. The van der Waals surface area contributed by atoms with Crippen LogP contribution in [0.25, 0.3) is 0 Å². The summed E-state index contributed by atoms with van der Waals surface area (Å²) >= 11 is 0. The Hall–Kier alpha value is -2.33. The lowest BCUT2D eigenvalue weighted by atomic mass is 9.90. The molecule has 136 valence electrons. The van der Waals surface area contributed by atoms with E-state index in [1.807, 2.05) is 30.3 Å². The zero-order chi connectivity index (χ0) is 17.8. The van der Waals surface area contributed by atoms with E-state index in [1.54, 1.807) is 6.07 Å². The second kappa shape index (κ2) is 7.92. The molecule has 1 atom stereocenters. The van der Waals surface area contributed by atoms with Crippen molar-refractivity contribution in [3.63, 3.8) is 0 Å². The molecule has 1 N–H and O–H groups in total. The third kappa shape index (κ3) is 3.91. The number of carbonyl (C=O) groups excluding carboxylic acids is 1. The molecular formula is C22H25NO3. The summed E-state index contributed by atoms with van der Waals surface area (Å²) in [5.74, 6) is 0.620. The van der Waals surface area contributed by atoms with Gasteiger partial charge in [-0.2, -0.15) is 0 Å². The number of carbonyl (C=O) groups is 1. The fourth-order valence-electron chi connectivity index (χ4n) is 3.78. The van der Waals surface area contributed by atoms with E-state index in [4.69, 9.17) is 9.47 Å². The Balaban J connectivity index is 1.44. The van der Waals surface area contributed by atoms with Gasteiger partial charge in [-0.3, -0.25) is 4.79 Å². The first-order valence-electron chi connectivity index (χ1n) is 9.56. The summed E-state index contributed by atoms with van der Waals surface area (Å²) in [6.45, 7) is 1.36. The fraction of sp³-hybridized carbons (Fsp3) is 0.409. The molecule has 0 saturated carbocycles. The number of benzene rings is 2. The Morgan fingerprint density at radius 1 is 1.12 bits per heavy atom. The summed E-state index contributed by atoms with van der Waals surface area (Å²) in [4.78, 5) is 12.7. The highest BCUT2D eigenvalue weighted by molar-refractivity contribution is 6.05. The van der Waals surface area contributed by atoms with Crippen LogP contribution in [0.4, 0.5) is 5.69 Å². The number of rotatable bonds is 5. The number of amides is 1. The Morgan fingerprint density at radius 3 is 2.88 bits per heavy atom. The molecule has 1 saturated heterocycles. The summed E-state index contributed by atoms with van der Waals surface area (Å²) in [6, 6.07) is 13.6. The molecule has 1 fully saturated rings. The van der Waals surface area contributed by atoms with E-state index in [0.29, 0.717) is 17.9 Å². The Kier molecular flexibility index (Phi) is 5.21. The van der Waals surface area contributed by atoms with Crippen molar-refractivity contribution in [2.45, 2.75) is 44.6 Å². The van der Waals surface area contributed by atoms with Crippen molar-refractivity contribution in [3.8, 4) is 5.75 Å². The summed E-state index contributed by atoms with van der Waals surface area (Å²) in [5.41, 5.74) is 4.21. The van der Waals surface area contributed by atoms with Gasteiger partial charge in [0, 0.05) is 17.9 Å². The number of aryl methyl sites for hydroxylation is 1. The average Bonchev–Trinajstić information content (AvgIpc) is 3.20. The number of nitrogens with one attached hydrogen (secondary N) is 1. The topological polar surface area (TPSA) is 47.6 Å². The van der Waals surface area contributed by atoms with Gasteiger partial charge in [-0.05, 0) is 73.9 Å². The van der Waals surface area contributed by atoms with Crippen molar-refractivity contribution >= 4 is 11.6 Å². The number of anilines is 1. The number of hydrogen-bond acceptors (Lipinski definition) is 3. The van der Waals surface area contributed by atoms with Crippen LogP contribution in [-0.2, 0) is 17.6 Å². The van der Waals surface area contributed by atoms with Crippen molar-refractivity contribution in [3.05, 3.63) is 59.2 Å². The van der Waals surface area contributed by atoms with E-state index in [0.717, 1.165) is 38.0 Å². The van der Waals surface area contributed by atoms with Gasteiger partial charge >= 0.3 is 0 Å². The zero-order valence-corrected chi connectivity index (χ0v) is 15.0. The lowest BCUT2D eigenvalue weighted by Crippen LogP contribution is -2.17. The van der Waals surface area contributed by atoms with Crippen molar-refractivity contribution in [1.82, 2.24) is 0 Å². The molecule has 2 aromatic rings. The van der Waals surface area contributed by atoms with Crippen LogP contribution in [0.5, 0.6) is 5.75 Å². The highest BCUT2D eigenvalue weighted by atomic mass is 16.5. The molecule has 26 heavy (non-hydrogen) atoms. The fourth-order valence-corrected chi connectivity index (χ4v) is 3.78. The average molecular weight is 351 g/mol. The molecule has 4 heteroatoms. The third-order valence-electron chi connectivity index (χ3n) is 5.20. The Bertz CT molecular complexity index is 781. The molecule has 4 nitrogen and oxygen atoms in total. The van der Waals surface area contributed by atoms with E-state index in [2.05, 4.69) is 11.4 Å². The largest absolute Gasteiger partial charge is 0.491 e. The molecule has 2 aliphatic rings. The van der Waals surface area contributed by atoms with Gasteiger partial charge in [-0.25, -0.2) is 0 Å². The highest BCUT2D eigenvalue weighted by Crippen LogP contribution is 2.28. The van der Waals surface area contributed by atoms with E-state index in [9.17, 15) is 4.79 Å². The van der Waals surface area contributed by atoms with E-state index in [1.165, 1.54) is 24.0 Å². The summed E-state index contributed by atoms with van der Waals surface area (Å²) in [7, 11) is 0. The van der Waals surface area contributed by atoms with Gasteiger partial charge in [0.25, 0.3) is 5.91 Å². The Labute approximate surface area is 154 Å². The Morgan fingerprint density at radius 2 is 2.00 bits per heavy atom. The molecule has 1 amide bonds. The molecule has 1 heterocycles. The van der Waals surface area contributed by atoms with Gasteiger partial charge in [-0.1, -0.05) is 18.2 Å². The molecule has 0 radical (unpaired) electrons. The van der Waals surface area contributed by atoms with Crippen molar-refractivity contribution < 1.29 is 14.3 Å². The predicted octanol–water partition coefficient (Wildman–Crippen LogP) is 4.38. The summed E-state index contributed by atoms with van der Waals surface area (Å²) < 4.78 is 11.4. The maximum Gasteiger partial charge on any atom is 0.255 e. The summed E-state index contributed by atoms with van der Waals surface area (Å²) in [5, 5.41) is 3.09.